The third kappa shape index (κ3) is 4.87. The van der Waals surface area contributed by atoms with E-state index in [9.17, 15) is 9.59 Å². The summed E-state index contributed by atoms with van der Waals surface area (Å²) in [6.45, 7) is 5.39. The van der Waals surface area contributed by atoms with Crippen molar-refractivity contribution in [2.24, 2.45) is 5.92 Å². The van der Waals surface area contributed by atoms with E-state index in [1.54, 1.807) is 11.1 Å². The Kier molecular flexibility index (Phi) is 6.43. The summed E-state index contributed by atoms with van der Waals surface area (Å²) < 4.78 is 0. The van der Waals surface area contributed by atoms with Crippen LogP contribution in [0.4, 0.5) is 5.69 Å². The summed E-state index contributed by atoms with van der Waals surface area (Å²) in [7, 11) is 0. The number of hydrogen-bond donors (Lipinski definition) is 1. The molecule has 2 aliphatic heterocycles. The van der Waals surface area contributed by atoms with Gasteiger partial charge in [0.05, 0.1) is 5.92 Å². The molecule has 0 spiro atoms. The molecule has 2 aliphatic rings. The quantitative estimate of drug-likeness (QED) is 0.801. The number of hydrogen-bond acceptors (Lipinski definition) is 4. The fraction of sp³-hybridized carbons (Fsp3) is 0.458. The number of benzene rings is 1. The summed E-state index contributed by atoms with van der Waals surface area (Å²) in [6, 6.07) is 12.3. The van der Waals surface area contributed by atoms with Gasteiger partial charge < -0.3 is 10.2 Å². The zero-order chi connectivity index (χ0) is 20.9. The van der Waals surface area contributed by atoms with Crippen LogP contribution in [0.25, 0.3) is 0 Å². The highest BCUT2D eigenvalue weighted by atomic mass is 16.2. The number of carbonyl (C=O) groups is 2. The van der Waals surface area contributed by atoms with E-state index in [0.717, 1.165) is 44.6 Å². The van der Waals surface area contributed by atoms with E-state index in [0.29, 0.717) is 13.0 Å². The molecule has 2 amide bonds. The zero-order valence-corrected chi connectivity index (χ0v) is 17.6. The molecule has 1 aromatic heterocycles. The summed E-state index contributed by atoms with van der Waals surface area (Å²) in [6.07, 6.45) is 6.85. The lowest BCUT2D eigenvalue weighted by Crippen LogP contribution is -2.46. The molecule has 2 fully saturated rings. The smallest absolute Gasteiger partial charge is 0.227 e. The van der Waals surface area contributed by atoms with E-state index in [-0.39, 0.29) is 23.8 Å². The summed E-state index contributed by atoms with van der Waals surface area (Å²) in [5.41, 5.74) is 3.35. The average Bonchev–Trinajstić information content (AvgIpc) is 3.18. The van der Waals surface area contributed by atoms with Crippen molar-refractivity contribution in [2.45, 2.75) is 45.2 Å². The number of anilines is 1. The van der Waals surface area contributed by atoms with Gasteiger partial charge in [-0.2, -0.15) is 0 Å². The number of rotatable bonds is 6. The number of pyridine rings is 1. The summed E-state index contributed by atoms with van der Waals surface area (Å²) in [5.74, 6) is -0.218. The van der Waals surface area contributed by atoms with Gasteiger partial charge in [0.1, 0.15) is 0 Å². The molecule has 1 aromatic carbocycles. The van der Waals surface area contributed by atoms with Gasteiger partial charge in [0.15, 0.2) is 0 Å². The molecule has 30 heavy (non-hydrogen) atoms. The fourth-order valence-electron chi connectivity index (χ4n) is 4.35. The number of carbonyl (C=O) groups excluding carboxylic acids is 2. The third-order valence-electron chi connectivity index (χ3n) is 6.22. The van der Waals surface area contributed by atoms with Gasteiger partial charge in [0, 0.05) is 56.7 Å². The number of aromatic nitrogens is 1. The normalized spacial score (nSPS) is 20.5. The van der Waals surface area contributed by atoms with Crippen molar-refractivity contribution >= 4 is 17.5 Å². The van der Waals surface area contributed by atoms with Gasteiger partial charge in [-0.25, -0.2) is 0 Å². The fourth-order valence-corrected chi connectivity index (χ4v) is 4.35. The second kappa shape index (κ2) is 9.39. The monoisotopic (exact) mass is 406 g/mol. The largest absolute Gasteiger partial charge is 0.353 e. The molecule has 6 heteroatoms. The average molecular weight is 407 g/mol. The number of piperidine rings is 1. The number of amides is 2. The molecule has 2 aromatic rings. The highest BCUT2D eigenvalue weighted by Gasteiger charge is 2.36. The van der Waals surface area contributed by atoms with Gasteiger partial charge in [0.25, 0.3) is 0 Å². The molecule has 4 rings (SSSR count). The Morgan fingerprint density at radius 2 is 1.90 bits per heavy atom. The van der Waals surface area contributed by atoms with Gasteiger partial charge in [0.2, 0.25) is 11.8 Å². The standard InChI is InChI=1S/C24H30N4O2/c1-2-18-5-7-22(8-6-18)28-17-20(14-23(28)29)24(30)26-21-9-12-27(13-10-21)16-19-4-3-11-25-15-19/h3-8,11,15,20-21H,2,9-10,12-14,16-17H2,1H3,(H,26,30). The van der Waals surface area contributed by atoms with Gasteiger partial charge in [-0.05, 0) is 48.6 Å². The van der Waals surface area contributed by atoms with Gasteiger partial charge in [-0.1, -0.05) is 25.1 Å². The van der Waals surface area contributed by atoms with E-state index in [1.165, 1.54) is 11.1 Å². The maximum Gasteiger partial charge on any atom is 0.227 e. The van der Waals surface area contributed by atoms with Crippen molar-refractivity contribution in [1.82, 2.24) is 15.2 Å². The van der Waals surface area contributed by atoms with E-state index in [4.69, 9.17) is 0 Å². The first kappa shape index (κ1) is 20.5. The highest BCUT2D eigenvalue weighted by Crippen LogP contribution is 2.26. The molecule has 1 unspecified atom stereocenters. The van der Waals surface area contributed by atoms with E-state index < -0.39 is 0 Å². The Labute approximate surface area is 178 Å². The number of likely N-dealkylation sites (tertiary alicyclic amines) is 1. The second-order valence-corrected chi connectivity index (χ2v) is 8.35. The Morgan fingerprint density at radius 3 is 2.57 bits per heavy atom. The van der Waals surface area contributed by atoms with E-state index >= 15 is 0 Å². The number of nitrogens with one attached hydrogen (secondary N) is 1. The summed E-state index contributed by atoms with van der Waals surface area (Å²) >= 11 is 0. The van der Waals surface area contributed by atoms with Gasteiger partial charge in [-0.15, -0.1) is 0 Å². The van der Waals surface area contributed by atoms with Crippen LogP contribution in [0.1, 0.15) is 37.3 Å². The van der Waals surface area contributed by atoms with Crippen LogP contribution in [0.3, 0.4) is 0 Å². The SMILES string of the molecule is CCc1ccc(N2CC(C(=O)NC3CCN(Cc4cccnc4)CC3)CC2=O)cc1. The van der Waals surface area contributed by atoms with Gasteiger partial charge >= 0.3 is 0 Å². The Balaban J connectivity index is 1.26. The maximum atomic E-state index is 12.8. The topological polar surface area (TPSA) is 65.5 Å². The maximum absolute atomic E-state index is 12.8. The molecule has 0 saturated carbocycles. The molecule has 0 aliphatic carbocycles. The van der Waals surface area contributed by atoms with E-state index in [2.05, 4.69) is 40.3 Å². The predicted molar refractivity (Wildman–Crippen MR) is 117 cm³/mol. The third-order valence-corrected chi connectivity index (χ3v) is 6.22. The first-order valence-corrected chi connectivity index (χ1v) is 10.9. The Morgan fingerprint density at radius 1 is 1.13 bits per heavy atom. The lowest BCUT2D eigenvalue weighted by Gasteiger charge is -2.32. The molecular weight excluding hydrogens is 376 g/mol. The van der Waals surface area contributed by atoms with Crippen LogP contribution in [-0.4, -0.2) is 47.4 Å². The summed E-state index contributed by atoms with van der Waals surface area (Å²) in [4.78, 5) is 33.6. The molecule has 6 nitrogen and oxygen atoms in total. The highest BCUT2D eigenvalue weighted by molar-refractivity contribution is 6.00. The Bertz CT molecular complexity index is 861. The van der Waals surface area contributed by atoms with Crippen molar-refractivity contribution in [3.05, 3.63) is 59.9 Å². The summed E-state index contributed by atoms with van der Waals surface area (Å²) in [5, 5.41) is 3.20. The molecule has 2 saturated heterocycles. The minimum Gasteiger partial charge on any atom is -0.353 e. The zero-order valence-electron chi connectivity index (χ0n) is 17.6. The van der Waals surface area contributed by atoms with Gasteiger partial charge in [-0.3, -0.25) is 19.5 Å². The Hall–Kier alpha value is -2.73. The van der Waals surface area contributed by atoms with Crippen LogP contribution in [0.15, 0.2) is 48.8 Å². The van der Waals surface area contributed by atoms with Crippen LogP contribution < -0.4 is 10.2 Å². The molecule has 0 radical (unpaired) electrons. The first-order chi connectivity index (χ1) is 14.6. The minimum atomic E-state index is -0.267. The first-order valence-electron chi connectivity index (χ1n) is 10.9. The predicted octanol–water partition coefficient (Wildman–Crippen LogP) is 2.78. The lowest BCUT2D eigenvalue weighted by atomic mass is 10.0. The van der Waals surface area contributed by atoms with Crippen LogP contribution in [-0.2, 0) is 22.6 Å². The van der Waals surface area contributed by atoms with Crippen LogP contribution >= 0.6 is 0 Å². The van der Waals surface area contributed by atoms with E-state index in [1.807, 2.05) is 24.4 Å². The molecule has 158 valence electrons. The number of nitrogens with zero attached hydrogens (tertiary/aromatic N) is 3. The van der Waals surface area contributed by atoms with Crippen molar-refractivity contribution in [3.63, 3.8) is 0 Å². The van der Waals surface area contributed by atoms with Crippen molar-refractivity contribution in [1.29, 1.82) is 0 Å². The molecule has 0 bridgehead atoms. The molecule has 1 atom stereocenters. The van der Waals surface area contributed by atoms with Crippen LogP contribution in [0, 0.1) is 5.92 Å². The molecule has 1 N–H and O–H groups in total. The second-order valence-electron chi connectivity index (χ2n) is 8.35. The number of aryl methyl sites for hydroxylation is 1. The molecule has 3 heterocycles. The van der Waals surface area contributed by atoms with Crippen molar-refractivity contribution in [2.75, 3.05) is 24.5 Å². The van der Waals surface area contributed by atoms with Crippen LogP contribution in [0.2, 0.25) is 0 Å². The minimum absolute atomic E-state index is 0.0155. The molecular formula is C24H30N4O2. The van der Waals surface area contributed by atoms with Crippen molar-refractivity contribution < 1.29 is 9.59 Å². The lowest BCUT2D eigenvalue weighted by molar-refractivity contribution is -0.127. The van der Waals surface area contributed by atoms with Crippen molar-refractivity contribution in [3.8, 4) is 0 Å². The van der Waals surface area contributed by atoms with Crippen LogP contribution in [0.5, 0.6) is 0 Å².